The fourth-order valence-electron chi connectivity index (χ4n) is 2.82. The normalized spacial score (nSPS) is 24.1. The number of benzene rings is 1. The van der Waals surface area contributed by atoms with Gasteiger partial charge in [-0.1, -0.05) is 25.1 Å². The van der Waals surface area contributed by atoms with Gasteiger partial charge in [0, 0.05) is 24.7 Å². The standard InChI is InChI=1S/C15H22F2N2O/c1-11-6-7-19(13(8-11)9-18)10-12-4-2-3-5-14(12)20-15(16)17/h2-5,11,13,15H,6-10,18H2,1H3. The largest absolute Gasteiger partial charge is 0.434 e. The van der Waals surface area contributed by atoms with Crippen LogP contribution >= 0.6 is 0 Å². The molecule has 5 heteroatoms. The SMILES string of the molecule is CC1CCN(Cc2ccccc2OC(F)F)C(CN)C1. The molecule has 3 nitrogen and oxygen atoms in total. The van der Waals surface area contributed by atoms with Gasteiger partial charge in [-0.05, 0) is 31.4 Å². The number of piperidine rings is 1. The number of hydrogen-bond acceptors (Lipinski definition) is 3. The van der Waals surface area contributed by atoms with E-state index in [1.165, 1.54) is 0 Å². The molecular formula is C15H22F2N2O. The van der Waals surface area contributed by atoms with Crippen molar-refractivity contribution in [2.75, 3.05) is 13.1 Å². The molecule has 2 rings (SSSR count). The second kappa shape index (κ2) is 6.99. The monoisotopic (exact) mass is 284 g/mol. The Balaban J connectivity index is 2.08. The van der Waals surface area contributed by atoms with Gasteiger partial charge in [0.1, 0.15) is 5.75 Å². The van der Waals surface area contributed by atoms with Crippen LogP contribution in [0.5, 0.6) is 5.75 Å². The molecule has 1 aliphatic rings. The van der Waals surface area contributed by atoms with Crippen molar-refractivity contribution in [3.8, 4) is 5.75 Å². The predicted molar refractivity (Wildman–Crippen MR) is 74.7 cm³/mol. The van der Waals surface area contributed by atoms with Crippen LogP contribution < -0.4 is 10.5 Å². The lowest BCUT2D eigenvalue weighted by Gasteiger charge is -2.38. The van der Waals surface area contributed by atoms with Gasteiger partial charge in [0.25, 0.3) is 0 Å². The fourth-order valence-corrected chi connectivity index (χ4v) is 2.82. The number of rotatable bonds is 5. The van der Waals surface area contributed by atoms with Gasteiger partial charge < -0.3 is 10.5 Å². The molecule has 2 N–H and O–H groups in total. The zero-order valence-corrected chi connectivity index (χ0v) is 11.8. The molecule has 1 heterocycles. The van der Waals surface area contributed by atoms with Crippen LogP contribution in [-0.2, 0) is 6.54 Å². The zero-order valence-electron chi connectivity index (χ0n) is 11.8. The lowest BCUT2D eigenvalue weighted by Crippen LogP contribution is -2.45. The Kier molecular flexibility index (Phi) is 5.31. The van der Waals surface area contributed by atoms with Crippen LogP contribution in [-0.4, -0.2) is 30.6 Å². The van der Waals surface area contributed by atoms with Gasteiger partial charge in [0.05, 0.1) is 0 Å². The Labute approximate surface area is 118 Å². The summed E-state index contributed by atoms with van der Waals surface area (Å²) in [4.78, 5) is 2.27. The molecule has 1 saturated heterocycles. The molecule has 2 atom stereocenters. The van der Waals surface area contributed by atoms with Crippen molar-refractivity contribution in [3.05, 3.63) is 29.8 Å². The highest BCUT2D eigenvalue weighted by Gasteiger charge is 2.26. The van der Waals surface area contributed by atoms with Crippen LogP contribution in [0, 0.1) is 5.92 Å². The van der Waals surface area contributed by atoms with E-state index in [0.717, 1.165) is 24.9 Å². The third kappa shape index (κ3) is 3.90. The first-order valence-electron chi connectivity index (χ1n) is 7.07. The zero-order chi connectivity index (χ0) is 14.5. The molecule has 0 bridgehead atoms. The van der Waals surface area contributed by atoms with Crippen molar-refractivity contribution >= 4 is 0 Å². The van der Waals surface area contributed by atoms with Crippen molar-refractivity contribution in [2.24, 2.45) is 11.7 Å². The summed E-state index contributed by atoms with van der Waals surface area (Å²) >= 11 is 0. The Bertz CT molecular complexity index is 428. The number of likely N-dealkylation sites (tertiary alicyclic amines) is 1. The molecule has 0 aliphatic carbocycles. The highest BCUT2D eigenvalue weighted by molar-refractivity contribution is 5.33. The van der Waals surface area contributed by atoms with E-state index in [1.807, 2.05) is 12.1 Å². The number of nitrogens with two attached hydrogens (primary N) is 1. The molecule has 112 valence electrons. The Morgan fingerprint density at radius 1 is 1.40 bits per heavy atom. The summed E-state index contributed by atoms with van der Waals surface area (Å²) in [6.45, 7) is 1.60. The molecule has 0 amide bonds. The van der Waals surface area contributed by atoms with Crippen molar-refractivity contribution in [1.82, 2.24) is 4.90 Å². The molecule has 20 heavy (non-hydrogen) atoms. The summed E-state index contributed by atoms with van der Waals surface area (Å²) in [5.74, 6) is 0.934. The fraction of sp³-hybridized carbons (Fsp3) is 0.600. The molecule has 0 aromatic heterocycles. The van der Waals surface area contributed by atoms with Crippen LogP contribution in [0.25, 0.3) is 0 Å². The van der Waals surface area contributed by atoms with Crippen LogP contribution in [0.1, 0.15) is 25.3 Å². The van der Waals surface area contributed by atoms with Crippen molar-refractivity contribution in [3.63, 3.8) is 0 Å². The summed E-state index contributed by atoms with van der Waals surface area (Å²) in [7, 11) is 0. The van der Waals surface area contributed by atoms with Crippen molar-refractivity contribution in [1.29, 1.82) is 0 Å². The molecule has 1 aromatic rings. The third-order valence-corrected chi connectivity index (χ3v) is 3.93. The van der Waals surface area contributed by atoms with Gasteiger partial charge in [-0.2, -0.15) is 8.78 Å². The van der Waals surface area contributed by atoms with E-state index >= 15 is 0 Å². The lowest BCUT2D eigenvalue weighted by atomic mass is 9.92. The highest BCUT2D eigenvalue weighted by atomic mass is 19.3. The predicted octanol–water partition coefficient (Wildman–Crippen LogP) is 2.85. The molecule has 0 saturated carbocycles. The topological polar surface area (TPSA) is 38.5 Å². The van der Waals surface area contributed by atoms with Crippen LogP contribution in [0.2, 0.25) is 0 Å². The van der Waals surface area contributed by atoms with E-state index < -0.39 is 6.61 Å². The summed E-state index contributed by atoms with van der Waals surface area (Å²) in [6, 6.07) is 7.30. The van der Waals surface area contributed by atoms with E-state index in [-0.39, 0.29) is 5.75 Å². The molecule has 0 radical (unpaired) electrons. The van der Waals surface area contributed by atoms with Gasteiger partial charge in [0.15, 0.2) is 0 Å². The number of nitrogens with zero attached hydrogens (tertiary/aromatic N) is 1. The minimum Gasteiger partial charge on any atom is -0.434 e. The third-order valence-electron chi connectivity index (χ3n) is 3.93. The van der Waals surface area contributed by atoms with E-state index in [9.17, 15) is 8.78 Å². The molecule has 1 fully saturated rings. The van der Waals surface area contributed by atoms with Gasteiger partial charge >= 0.3 is 6.61 Å². The number of alkyl halides is 2. The molecule has 0 spiro atoms. The summed E-state index contributed by atoms with van der Waals surface area (Å²) in [6.07, 6.45) is 2.18. The minimum absolute atomic E-state index is 0.261. The average Bonchev–Trinajstić information content (AvgIpc) is 2.42. The summed E-state index contributed by atoms with van der Waals surface area (Å²) in [5.41, 5.74) is 6.63. The van der Waals surface area contributed by atoms with E-state index in [4.69, 9.17) is 5.73 Å². The first-order valence-corrected chi connectivity index (χ1v) is 7.07. The first-order chi connectivity index (χ1) is 9.60. The molecule has 1 aromatic carbocycles. The molecule has 2 unspecified atom stereocenters. The minimum atomic E-state index is -2.79. The van der Waals surface area contributed by atoms with Gasteiger partial charge in [-0.25, -0.2) is 0 Å². The van der Waals surface area contributed by atoms with E-state index in [2.05, 4.69) is 16.6 Å². The smallest absolute Gasteiger partial charge is 0.387 e. The highest BCUT2D eigenvalue weighted by Crippen LogP contribution is 2.27. The Hall–Kier alpha value is -1.20. The molecule has 1 aliphatic heterocycles. The Morgan fingerprint density at radius 3 is 2.85 bits per heavy atom. The van der Waals surface area contributed by atoms with E-state index in [0.29, 0.717) is 25.0 Å². The summed E-state index contributed by atoms with van der Waals surface area (Å²) in [5, 5.41) is 0. The average molecular weight is 284 g/mol. The summed E-state index contributed by atoms with van der Waals surface area (Å²) < 4.78 is 29.4. The van der Waals surface area contributed by atoms with Crippen LogP contribution in [0.15, 0.2) is 24.3 Å². The van der Waals surface area contributed by atoms with Gasteiger partial charge in [-0.15, -0.1) is 0 Å². The quantitative estimate of drug-likeness (QED) is 0.903. The second-order valence-corrected chi connectivity index (χ2v) is 5.48. The maximum atomic E-state index is 12.4. The number of halogens is 2. The Morgan fingerprint density at radius 2 is 2.15 bits per heavy atom. The maximum absolute atomic E-state index is 12.4. The molecular weight excluding hydrogens is 262 g/mol. The number of para-hydroxylation sites is 1. The van der Waals surface area contributed by atoms with Gasteiger partial charge in [0.2, 0.25) is 0 Å². The van der Waals surface area contributed by atoms with Crippen LogP contribution in [0.4, 0.5) is 8.78 Å². The maximum Gasteiger partial charge on any atom is 0.387 e. The lowest BCUT2D eigenvalue weighted by molar-refractivity contribution is -0.0509. The van der Waals surface area contributed by atoms with Crippen molar-refractivity contribution in [2.45, 2.75) is 39.0 Å². The van der Waals surface area contributed by atoms with Crippen LogP contribution in [0.3, 0.4) is 0 Å². The number of ether oxygens (including phenoxy) is 1. The number of hydrogen-bond donors (Lipinski definition) is 1. The first kappa shape index (κ1) is 15.2. The van der Waals surface area contributed by atoms with Crippen molar-refractivity contribution < 1.29 is 13.5 Å². The second-order valence-electron chi connectivity index (χ2n) is 5.48. The van der Waals surface area contributed by atoms with Gasteiger partial charge in [-0.3, -0.25) is 4.90 Å². The van der Waals surface area contributed by atoms with E-state index in [1.54, 1.807) is 12.1 Å².